The first-order chi connectivity index (χ1) is 11.4. The topological polar surface area (TPSA) is 75.4 Å². The maximum Gasteiger partial charge on any atom is 0.245 e. The minimum absolute atomic E-state index is 0.00913. The molecule has 1 fully saturated rings. The molecule has 132 valence electrons. The highest BCUT2D eigenvalue weighted by molar-refractivity contribution is 5.89. The fourth-order valence-electron chi connectivity index (χ4n) is 3.32. The van der Waals surface area contributed by atoms with E-state index in [0.717, 1.165) is 12.0 Å². The largest absolute Gasteiger partial charge is 0.344 e. The minimum Gasteiger partial charge on any atom is -0.344 e. The lowest BCUT2D eigenvalue weighted by Gasteiger charge is -2.29. The first-order valence-corrected chi connectivity index (χ1v) is 8.76. The summed E-state index contributed by atoms with van der Waals surface area (Å²) in [5.74, 6) is 0.295. The molecule has 1 aliphatic heterocycles. The van der Waals surface area contributed by atoms with Crippen LogP contribution >= 0.6 is 0 Å². The molecule has 0 aliphatic carbocycles. The Morgan fingerprint density at radius 3 is 2.50 bits per heavy atom. The lowest BCUT2D eigenvalue weighted by Crippen LogP contribution is -2.52. The number of carbonyl (C=O) groups excluding carboxylic acids is 2. The normalized spacial score (nSPS) is 21.8. The van der Waals surface area contributed by atoms with Crippen molar-refractivity contribution in [2.75, 3.05) is 13.1 Å². The van der Waals surface area contributed by atoms with E-state index in [1.54, 1.807) is 0 Å². The number of rotatable bonds is 6. The van der Waals surface area contributed by atoms with Gasteiger partial charge in [0.25, 0.3) is 0 Å². The number of amides is 2. The summed E-state index contributed by atoms with van der Waals surface area (Å²) in [5.41, 5.74) is 6.70. The molecule has 0 radical (unpaired) electrons. The van der Waals surface area contributed by atoms with E-state index in [9.17, 15) is 9.59 Å². The maximum absolute atomic E-state index is 12.9. The summed E-state index contributed by atoms with van der Waals surface area (Å²) in [6.07, 6.45) is 1.23. The van der Waals surface area contributed by atoms with Gasteiger partial charge in [0.15, 0.2) is 0 Å². The van der Waals surface area contributed by atoms with Crippen LogP contribution in [0.15, 0.2) is 30.3 Å². The number of nitrogens with zero attached hydrogens (tertiary/aromatic N) is 1. The van der Waals surface area contributed by atoms with Crippen LogP contribution in [0.3, 0.4) is 0 Å². The second-order valence-electron chi connectivity index (χ2n) is 7.13. The lowest BCUT2D eigenvalue weighted by atomic mass is 10.0. The van der Waals surface area contributed by atoms with Gasteiger partial charge in [0.1, 0.15) is 6.04 Å². The van der Waals surface area contributed by atoms with E-state index < -0.39 is 6.04 Å². The lowest BCUT2D eigenvalue weighted by molar-refractivity contribution is -0.138. The van der Waals surface area contributed by atoms with Gasteiger partial charge in [0.2, 0.25) is 11.8 Å². The molecule has 2 rings (SSSR count). The van der Waals surface area contributed by atoms with Gasteiger partial charge in [0, 0.05) is 12.6 Å². The Morgan fingerprint density at radius 2 is 1.96 bits per heavy atom. The zero-order valence-corrected chi connectivity index (χ0v) is 14.9. The van der Waals surface area contributed by atoms with Gasteiger partial charge in [-0.15, -0.1) is 0 Å². The Bertz CT molecular complexity index is 559. The molecule has 24 heavy (non-hydrogen) atoms. The van der Waals surface area contributed by atoms with Crippen molar-refractivity contribution >= 4 is 11.8 Å². The molecule has 3 unspecified atom stereocenters. The van der Waals surface area contributed by atoms with Crippen LogP contribution in [0.5, 0.6) is 0 Å². The summed E-state index contributed by atoms with van der Waals surface area (Å²) in [6, 6.07) is 9.27. The first-order valence-electron chi connectivity index (χ1n) is 8.76. The van der Waals surface area contributed by atoms with Crippen molar-refractivity contribution in [1.82, 2.24) is 10.2 Å². The molecule has 5 heteroatoms. The molecule has 1 aromatic carbocycles. The second-order valence-corrected chi connectivity index (χ2v) is 7.13. The van der Waals surface area contributed by atoms with Crippen molar-refractivity contribution in [2.45, 2.75) is 45.7 Å². The van der Waals surface area contributed by atoms with E-state index in [1.807, 2.05) is 49.1 Å². The number of nitrogens with one attached hydrogen (secondary N) is 1. The van der Waals surface area contributed by atoms with E-state index in [0.29, 0.717) is 19.0 Å². The molecule has 0 aromatic heterocycles. The molecule has 0 spiro atoms. The van der Waals surface area contributed by atoms with Gasteiger partial charge in [-0.1, -0.05) is 44.2 Å². The Balaban J connectivity index is 2.01. The molecular weight excluding hydrogens is 302 g/mol. The van der Waals surface area contributed by atoms with Gasteiger partial charge in [0.05, 0.1) is 6.42 Å². The Hall–Kier alpha value is -1.88. The Kier molecular flexibility index (Phi) is 6.37. The third-order valence-corrected chi connectivity index (χ3v) is 4.73. The predicted molar refractivity (Wildman–Crippen MR) is 95.3 cm³/mol. The first kappa shape index (κ1) is 18.5. The highest BCUT2D eigenvalue weighted by Crippen LogP contribution is 2.24. The van der Waals surface area contributed by atoms with Gasteiger partial charge in [-0.25, -0.2) is 0 Å². The average molecular weight is 331 g/mol. The zero-order chi connectivity index (χ0) is 17.7. The molecule has 3 atom stereocenters. The molecule has 1 heterocycles. The van der Waals surface area contributed by atoms with E-state index >= 15 is 0 Å². The summed E-state index contributed by atoms with van der Waals surface area (Å²) in [4.78, 5) is 27.1. The van der Waals surface area contributed by atoms with E-state index in [2.05, 4.69) is 12.2 Å². The smallest absolute Gasteiger partial charge is 0.245 e. The standard InChI is InChI=1S/C19H29N3O2/c1-13(2)18(19(24)22-12-16(11-20)9-14(22)3)21-17(23)10-15-7-5-4-6-8-15/h4-8,13-14,16,18H,9-12,20H2,1-3H3,(H,21,23). The number of likely N-dealkylation sites (tertiary alicyclic amines) is 1. The maximum atomic E-state index is 12.9. The number of hydrogen-bond acceptors (Lipinski definition) is 3. The summed E-state index contributed by atoms with van der Waals surface area (Å²) < 4.78 is 0. The number of carbonyl (C=O) groups is 2. The summed E-state index contributed by atoms with van der Waals surface area (Å²) >= 11 is 0. The molecule has 5 nitrogen and oxygen atoms in total. The minimum atomic E-state index is -0.486. The summed E-state index contributed by atoms with van der Waals surface area (Å²) in [7, 11) is 0. The van der Waals surface area contributed by atoms with Crippen LogP contribution in [0.1, 0.15) is 32.8 Å². The summed E-state index contributed by atoms with van der Waals surface area (Å²) in [6.45, 7) is 7.27. The predicted octanol–water partition coefficient (Wildman–Crippen LogP) is 1.57. The highest BCUT2D eigenvalue weighted by atomic mass is 16.2. The fourth-order valence-corrected chi connectivity index (χ4v) is 3.32. The SMILES string of the molecule is CC(C)C(NC(=O)Cc1ccccc1)C(=O)N1CC(CN)CC1C. The third-order valence-electron chi connectivity index (χ3n) is 4.73. The second kappa shape index (κ2) is 8.29. The van der Waals surface area contributed by atoms with E-state index in [1.165, 1.54) is 0 Å². The highest BCUT2D eigenvalue weighted by Gasteiger charge is 2.36. The average Bonchev–Trinajstić information content (AvgIpc) is 2.93. The van der Waals surface area contributed by atoms with Crippen LogP contribution < -0.4 is 11.1 Å². The van der Waals surface area contributed by atoms with Crippen LogP contribution in [0.2, 0.25) is 0 Å². The van der Waals surface area contributed by atoms with Gasteiger partial charge >= 0.3 is 0 Å². The summed E-state index contributed by atoms with van der Waals surface area (Å²) in [5, 5.41) is 2.93. The fraction of sp³-hybridized carbons (Fsp3) is 0.579. The number of nitrogens with two attached hydrogens (primary N) is 1. The van der Waals surface area contributed by atoms with Crippen LogP contribution in [0.25, 0.3) is 0 Å². The Morgan fingerprint density at radius 1 is 1.29 bits per heavy atom. The number of benzene rings is 1. The van der Waals surface area contributed by atoms with Crippen molar-refractivity contribution in [3.63, 3.8) is 0 Å². The molecule has 3 N–H and O–H groups in total. The van der Waals surface area contributed by atoms with Crippen molar-refractivity contribution < 1.29 is 9.59 Å². The van der Waals surface area contributed by atoms with E-state index in [4.69, 9.17) is 5.73 Å². The quantitative estimate of drug-likeness (QED) is 0.831. The van der Waals surface area contributed by atoms with Crippen LogP contribution in [-0.2, 0) is 16.0 Å². The zero-order valence-electron chi connectivity index (χ0n) is 14.9. The van der Waals surface area contributed by atoms with Gasteiger partial charge in [-0.2, -0.15) is 0 Å². The van der Waals surface area contributed by atoms with Gasteiger partial charge in [-0.05, 0) is 37.3 Å². The van der Waals surface area contributed by atoms with Crippen LogP contribution in [-0.4, -0.2) is 41.9 Å². The molecule has 1 aromatic rings. The van der Waals surface area contributed by atoms with Crippen molar-refractivity contribution in [2.24, 2.45) is 17.6 Å². The van der Waals surface area contributed by atoms with Crippen molar-refractivity contribution in [3.8, 4) is 0 Å². The molecule has 1 aliphatic rings. The molecule has 2 amide bonds. The van der Waals surface area contributed by atoms with Gasteiger partial charge in [-0.3, -0.25) is 9.59 Å². The molecule has 1 saturated heterocycles. The third kappa shape index (κ3) is 4.57. The monoisotopic (exact) mass is 331 g/mol. The molecular formula is C19H29N3O2. The Labute approximate surface area is 144 Å². The molecule has 0 bridgehead atoms. The van der Waals surface area contributed by atoms with Gasteiger partial charge < -0.3 is 16.0 Å². The van der Waals surface area contributed by atoms with Crippen LogP contribution in [0.4, 0.5) is 0 Å². The van der Waals surface area contributed by atoms with E-state index in [-0.39, 0.29) is 30.2 Å². The molecule has 0 saturated carbocycles. The number of hydrogen-bond donors (Lipinski definition) is 2. The van der Waals surface area contributed by atoms with Crippen LogP contribution in [0, 0.1) is 11.8 Å². The van der Waals surface area contributed by atoms with Crippen molar-refractivity contribution in [1.29, 1.82) is 0 Å². The van der Waals surface area contributed by atoms with Crippen molar-refractivity contribution in [3.05, 3.63) is 35.9 Å².